The van der Waals surface area contributed by atoms with Crippen LogP contribution < -0.4 is 5.46 Å². The molecule has 37 heavy (non-hydrogen) atoms. The van der Waals surface area contributed by atoms with Crippen LogP contribution in [-0.4, -0.2) is 83.2 Å². The molecule has 0 spiro atoms. The van der Waals surface area contributed by atoms with Crippen molar-refractivity contribution in [2.45, 2.75) is 97.2 Å². The van der Waals surface area contributed by atoms with E-state index in [0.717, 1.165) is 6.92 Å². The zero-order chi connectivity index (χ0) is 27.7. The second kappa shape index (κ2) is 10.8. The molecule has 2 saturated heterocycles. The molecule has 1 aromatic heterocycles. The van der Waals surface area contributed by atoms with Crippen molar-refractivity contribution in [2.24, 2.45) is 0 Å². The van der Waals surface area contributed by atoms with Gasteiger partial charge in [-0.1, -0.05) is 0 Å². The van der Waals surface area contributed by atoms with Gasteiger partial charge >= 0.3 is 31.0 Å². The summed E-state index contributed by atoms with van der Waals surface area (Å²) in [5.74, 6) is -2.68. The van der Waals surface area contributed by atoms with Crippen LogP contribution >= 0.6 is 0 Å². The van der Waals surface area contributed by atoms with Crippen molar-refractivity contribution in [3.05, 3.63) is 12.4 Å². The van der Waals surface area contributed by atoms with E-state index < -0.39 is 72.8 Å². The molecule has 14 heteroatoms. The van der Waals surface area contributed by atoms with Crippen molar-refractivity contribution in [3.8, 4) is 0 Å². The molecule has 3 unspecified atom stereocenters. The van der Waals surface area contributed by atoms with Crippen molar-refractivity contribution < 1.29 is 52.2 Å². The van der Waals surface area contributed by atoms with Crippen LogP contribution in [0, 0.1) is 0 Å². The third-order valence-corrected chi connectivity index (χ3v) is 6.41. The van der Waals surface area contributed by atoms with E-state index in [-0.39, 0.29) is 6.61 Å². The number of carbonyl (C=O) groups is 4. The Kier molecular flexibility index (Phi) is 8.35. The second-order valence-electron chi connectivity index (χ2n) is 9.94. The molecule has 13 nitrogen and oxygen atoms in total. The topological polar surface area (TPSA) is 151 Å². The van der Waals surface area contributed by atoms with Crippen molar-refractivity contribution in [1.29, 1.82) is 0 Å². The molecule has 1 aromatic rings. The summed E-state index contributed by atoms with van der Waals surface area (Å²) in [7, 11) is -0.751. The molecular weight excluding hydrogens is 491 g/mol. The molecular formula is C23H33BN2O11. The van der Waals surface area contributed by atoms with E-state index in [4.69, 9.17) is 33.0 Å². The molecule has 2 aliphatic rings. The zero-order valence-electron chi connectivity index (χ0n) is 22.2. The summed E-state index contributed by atoms with van der Waals surface area (Å²) >= 11 is 0. The Bertz CT molecular complexity index is 1020. The van der Waals surface area contributed by atoms with Gasteiger partial charge in [0.1, 0.15) is 18.8 Å². The maximum atomic E-state index is 12.1. The van der Waals surface area contributed by atoms with Gasteiger partial charge in [-0.15, -0.1) is 0 Å². The van der Waals surface area contributed by atoms with Crippen LogP contribution in [0.15, 0.2) is 12.4 Å². The highest BCUT2D eigenvalue weighted by molar-refractivity contribution is 6.62. The number of aromatic nitrogens is 2. The van der Waals surface area contributed by atoms with Crippen LogP contribution in [0.25, 0.3) is 0 Å². The molecule has 0 aromatic carbocycles. The lowest BCUT2D eigenvalue weighted by molar-refractivity contribution is -0.285. The molecule has 0 radical (unpaired) electrons. The minimum absolute atomic E-state index is 0.334. The fourth-order valence-corrected chi connectivity index (χ4v) is 4.06. The van der Waals surface area contributed by atoms with Gasteiger partial charge in [-0.05, 0) is 27.7 Å². The van der Waals surface area contributed by atoms with Gasteiger partial charge in [0.2, 0.25) is 6.29 Å². The van der Waals surface area contributed by atoms with E-state index in [2.05, 4.69) is 5.10 Å². The highest BCUT2D eigenvalue weighted by Crippen LogP contribution is 2.38. The summed E-state index contributed by atoms with van der Waals surface area (Å²) in [5, 5.41) is 4.41. The van der Waals surface area contributed by atoms with E-state index >= 15 is 0 Å². The van der Waals surface area contributed by atoms with Crippen molar-refractivity contribution in [1.82, 2.24) is 9.78 Å². The van der Waals surface area contributed by atoms with E-state index in [1.165, 1.54) is 31.6 Å². The Morgan fingerprint density at radius 3 is 1.95 bits per heavy atom. The van der Waals surface area contributed by atoms with Gasteiger partial charge in [0.25, 0.3) is 0 Å². The SMILES string of the molecule is CC(=O)OCC1O[C@@H](OC(C)=O)C(OC(C)=O)C(n2cc(B3OC(C)(C)C(C)(C)O3)cn2)[C@H]1OC(C)=O. The maximum Gasteiger partial charge on any atom is 0.498 e. The standard InChI is InChI=1S/C23H33BN2O11/c1-12(27)31-11-17-19(32-13(2)28)18(20(33-14(3)29)21(35-17)34-15(4)30)26-10-16(9-25-26)24-36-22(5,6)23(7,8)37-24/h9-10,17-21H,11H2,1-8H3/t17?,18?,19-,20?,21+/m0/s1. The number of carbonyl (C=O) groups excluding carboxylic acids is 4. The summed E-state index contributed by atoms with van der Waals surface area (Å²) in [4.78, 5) is 47.5. The number of ether oxygens (including phenoxy) is 5. The van der Waals surface area contributed by atoms with Gasteiger partial charge in [0.15, 0.2) is 12.2 Å². The van der Waals surface area contributed by atoms with Crippen LogP contribution in [0.1, 0.15) is 61.4 Å². The van der Waals surface area contributed by atoms with E-state index in [1.54, 1.807) is 6.20 Å². The molecule has 0 saturated carbocycles. The second-order valence-corrected chi connectivity index (χ2v) is 9.94. The first-order valence-corrected chi connectivity index (χ1v) is 11.8. The molecule has 0 amide bonds. The summed E-state index contributed by atoms with van der Waals surface area (Å²) in [6.07, 6.45) is -1.82. The fraction of sp³-hybridized carbons (Fsp3) is 0.696. The minimum atomic E-state index is -1.41. The van der Waals surface area contributed by atoms with Crippen LogP contribution in [0.4, 0.5) is 0 Å². The van der Waals surface area contributed by atoms with Gasteiger partial charge in [-0.25, -0.2) is 0 Å². The van der Waals surface area contributed by atoms with E-state index in [9.17, 15) is 19.2 Å². The Morgan fingerprint density at radius 2 is 1.43 bits per heavy atom. The first-order chi connectivity index (χ1) is 17.1. The first kappa shape index (κ1) is 28.6. The monoisotopic (exact) mass is 524 g/mol. The first-order valence-electron chi connectivity index (χ1n) is 11.8. The molecule has 0 N–H and O–H groups in total. The Morgan fingerprint density at radius 1 is 0.892 bits per heavy atom. The third kappa shape index (κ3) is 6.49. The highest BCUT2D eigenvalue weighted by atomic mass is 16.7. The minimum Gasteiger partial charge on any atom is -0.463 e. The lowest BCUT2D eigenvalue weighted by Crippen LogP contribution is -2.59. The van der Waals surface area contributed by atoms with Crippen LogP contribution in [0.2, 0.25) is 0 Å². The molecule has 2 aliphatic heterocycles. The van der Waals surface area contributed by atoms with Crippen LogP contribution in [-0.2, 0) is 52.2 Å². The summed E-state index contributed by atoms with van der Waals surface area (Å²) in [6.45, 7) is 12.0. The van der Waals surface area contributed by atoms with Gasteiger partial charge < -0.3 is 33.0 Å². The van der Waals surface area contributed by atoms with Crippen LogP contribution in [0.3, 0.4) is 0 Å². The van der Waals surface area contributed by atoms with Crippen molar-refractivity contribution in [3.63, 3.8) is 0 Å². The predicted molar refractivity (Wildman–Crippen MR) is 125 cm³/mol. The number of esters is 4. The van der Waals surface area contributed by atoms with Crippen LogP contribution in [0.5, 0.6) is 0 Å². The average molecular weight is 524 g/mol. The quantitative estimate of drug-likeness (QED) is 0.277. The largest absolute Gasteiger partial charge is 0.498 e. The molecule has 5 atom stereocenters. The number of hydrogen-bond donors (Lipinski definition) is 0. The van der Waals surface area contributed by atoms with Crippen molar-refractivity contribution >= 4 is 36.5 Å². The zero-order valence-corrected chi connectivity index (χ0v) is 22.2. The number of rotatable bonds is 7. The molecule has 3 heterocycles. The Balaban J connectivity index is 2.05. The van der Waals surface area contributed by atoms with Gasteiger partial charge in [-0.3, -0.25) is 23.9 Å². The predicted octanol–water partition coefficient (Wildman–Crippen LogP) is 0.438. The molecule has 0 bridgehead atoms. The normalized spacial score (nSPS) is 28.3. The molecule has 204 valence electrons. The third-order valence-electron chi connectivity index (χ3n) is 6.41. The van der Waals surface area contributed by atoms with Gasteiger partial charge in [0, 0.05) is 45.6 Å². The smallest absolute Gasteiger partial charge is 0.463 e. The van der Waals surface area contributed by atoms with Gasteiger partial charge in [0.05, 0.1) is 11.2 Å². The molecule has 3 rings (SSSR count). The summed E-state index contributed by atoms with van der Waals surface area (Å²) < 4.78 is 40.9. The lowest BCUT2D eigenvalue weighted by atomic mass is 9.82. The summed E-state index contributed by atoms with van der Waals surface area (Å²) in [6, 6.07) is -1.04. The average Bonchev–Trinajstić information content (AvgIpc) is 3.30. The highest BCUT2D eigenvalue weighted by Gasteiger charge is 2.55. The summed E-state index contributed by atoms with van der Waals surface area (Å²) in [5.41, 5.74) is -0.655. The van der Waals surface area contributed by atoms with Crippen molar-refractivity contribution in [2.75, 3.05) is 6.61 Å². The van der Waals surface area contributed by atoms with Gasteiger partial charge in [-0.2, -0.15) is 5.10 Å². The van der Waals surface area contributed by atoms with E-state index in [0.29, 0.717) is 5.46 Å². The molecule has 0 aliphatic carbocycles. The Hall–Kier alpha value is -2.97. The Labute approximate surface area is 215 Å². The lowest BCUT2D eigenvalue weighted by Gasteiger charge is -2.44. The van der Waals surface area contributed by atoms with E-state index in [1.807, 2.05) is 27.7 Å². The molecule has 2 fully saturated rings. The number of nitrogens with zero attached hydrogens (tertiary/aromatic N) is 2. The number of hydrogen-bond acceptors (Lipinski definition) is 12. The fourth-order valence-electron chi connectivity index (χ4n) is 4.06. The maximum absolute atomic E-state index is 12.1.